The summed E-state index contributed by atoms with van der Waals surface area (Å²) in [6, 6.07) is 4.82. The van der Waals surface area contributed by atoms with Crippen LogP contribution in [0.2, 0.25) is 0 Å². The molecular weight excluding hydrogens is 258 g/mol. The van der Waals surface area contributed by atoms with Gasteiger partial charge in [-0.25, -0.2) is 4.98 Å². The first-order chi connectivity index (χ1) is 9.52. The SMILES string of the molecule is Cc1nc(C(=O)N2CCCC2CC(=O)O)ccc1C#N. The molecule has 1 unspecified atom stereocenters. The van der Waals surface area contributed by atoms with Crippen LogP contribution in [0.15, 0.2) is 12.1 Å². The third-order valence-corrected chi connectivity index (χ3v) is 3.47. The fourth-order valence-corrected chi connectivity index (χ4v) is 2.46. The minimum Gasteiger partial charge on any atom is -0.481 e. The number of carbonyl (C=O) groups excluding carboxylic acids is 1. The summed E-state index contributed by atoms with van der Waals surface area (Å²) in [6.07, 6.45) is 1.47. The minimum atomic E-state index is -0.904. The minimum absolute atomic E-state index is 0.0407. The Morgan fingerprint density at radius 3 is 2.90 bits per heavy atom. The van der Waals surface area contributed by atoms with E-state index in [-0.39, 0.29) is 24.1 Å². The first-order valence-corrected chi connectivity index (χ1v) is 6.43. The van der Waals surface area contributed by atoms with Crippen LogP contribution in [0.5, 0.6) is 0 Å². The van der Waals surface area contributed by atoms with Gasteiger partial charge in [0.05, 0.1) is 17.7 Å². The van der Waals surface area contributed by atoms with Crippen molar-refractivity contribution in [2.75, 3.05) is 6.54 Å². The highest BCUT2D eigenvalue weighted by atomic mass is 16.4. The maximum Gasteiger partial charge on any atom is 0.305 e. The quantitative estimate of drug-likeness (QED) is 0.896. The number of nitrogens with zero attached hydrogens (tertiary/aromatic N) is 3. The van der Waals surface area contributed by atoms with E-state index >= 15 is 0 Å². The van der Waals surface area contributed by atoms with Crippen molar-refractivity contribution in [3.8, 4) is 6.07 Å². The molecule has 1 aromatic rings. The van der Waals surface area contributed by atoms with E-state index in [9.17, 15) is 9.59 Å². The third-order valence-electron chi connectivity index (χ3n) is 3.47. The molecule has 0 radical (unpaired) electrons. The maximum atomic E-state index is 12.4. The van der Waals surface area contributed by atoms with Gasteiger partial charge in [0.2, 0.25) is 0 Å². The summed E-state index contributed by atoms with van der Waals surface area (Å²) < 4.78 is 0. The van der Waals surface area contributed by atoms with E-state index in [2.05, 4.69) is 4.98 Å². The lowest BCUT2D eigenvalue weighted by molar-refractivity contribution is -0.137. The molecule has 6 heteroatoms. The number of nitriles is 1. The van der Waals surface area contributed by atoms with Gasteiger partial charge in [0, 0.05) is 12.6 Å². The number of pyridine rings is 1. The third kappa shape index (κ3) is 2.77. The lowest BCUT2D eigenvalue weighted by Crippen LogP contribution is -2.37. The van der Waals surface area contributed by atoms with Crippen molar-refractivity contribution >= 4 is 11.9 Å². The van der Waals surface area contributed by atoms with Crippen LogP contribution >= 0.6 is 0 Å². The molecule has 1 aliphatic heterocycles. The molecule has 0 bridgehead atoms. The summed E-state index contributed by atoms with van der Waals surface area (Å²) in [6.45, 7) is 2.23. The Kier molecular flexibility index (Phi) is 3.99. The first-order valence-electron chi connectivity index (χ1n) is 6.43. The van der Waals surface area contributed by atoms with Gasteiger partial charge in [0.25, 0.3) is 5.91 Å². The van der Waals surface area contributed by atoms with E-state index in [4.69, 9.17) is 10.4 Å². The molecule has 1 atom stereocenters. The fraction of sp³-hybridized carbons (Fsp3) is 0.429. The molecule has 0 spiro atoms. The van der Waals surface area contributed by atoms with Gasteiger partial charge in [0.15, 0.2) is 0 Å². The number of likely N-dealkylation sites (tertiary alicyclic amines) is 1. The summed E-state index contributed by atoms with van der Waals surface area (Å²) in [5, 5.41) is 17.7. The average molecular weight is 273 g/mol. The van der Waals surface area contributed by atoms with Gasteiger partial charge in [-0.15, -0.1) is 0 Å². The van der Waals surface area contributed by atoms with Crippen molar-refractivity contribution in [2.24, 2.45) is 0 Å². The first kappa shape index (κ1) is 14.0. The number of carboxylic acids is 1. The Labute approximate surface area is 116 Å². The van der Waals surface area contributed by atoms with Crippen LogP contribution in [0.3, 0.4) is 0 Å². The van der Waals surface area contributed by atoms with Crippen LogP contribution in [0.1, 0.15) is 41.0 Å². The number of hydrogen-bond acceptors (Lipinski definition) is 4. The lowest BCUT2D eigenvalue weighted by atomic mass is 10.1. The van der Waals surface area contributed by atoms with Crippen molar-refractivity contribution in [2.45, 2.75) is 32.2 Å². The van der Waals surface area contributed by atoms with Gasteiger partial charge >= 0.3 is 5.97 Å². The molecule has 1 amide bonds. The van der Waals surface area contributed by atoms with Crippen molar-refractivity contribution in [3.63, 3.8) is 0 Å². The van der Waals surface area contributed by atoms with Crippen LogP contribution in [0, 0.1) is 18.3 Å². The fourth-order valence-electron chi connectivity index (χ4n) is 2.46. The Bertz CT molecular complexity index is 592. The van der Waals surface area contributed by atoms with Gasteiger partial charge in [-0.1, -0.05) is 0 Å². The molecule has 0 aliphatic carbocycles. The second-order valence-electron chi connectivity index (χ2n) is 4.83. The van der Waals surface area contributed by atoms with Crippen LogP contribution in [0.4, 0.5) is 0 Å². The molecule has 2 rings (SSSR count). The molecular formula is C14H15N3O3. The Morgan fingerprint density at radius 1 is 1.55 bits per heavy atom. The number of aromatic nitrogens is 1. The number of carboxylic acid groups (broad SMARTS) is 1. The number of carbonyl (C=O) groups is 2. The number of hydrogen-bond donors (Lipinski definition) is 1. The molecule has 20 heavy (non-hydrogen) atoms. The normalized spacial score (nSPS) is 17.8. The topological polar surface area (TPSA) is 94.3 Å². The van der Waals surface area contributed by atoms with Gasteiger partial charge in [-0.2, -0.15) is 5.26 Å². The van der Waals surface area contributed by atoms with E-state index in [1.54, 1.807) is 17.9 Å². The molecule has 1 N–H and O–H groups in total. The largest absolute Gasteiger partial charge is 0.481 e. The van der Waals surface area contributed by atoms with Crippen molar-refractivity contribution in [1.82, 2.24) is 9.88 Å². The van der Waals surface area contributed by atoms with Crippen LogP contribution < -0.4 is 0 Å². The molecule has 1 aliphatic rings. The molecule has 0 saturated carbocycles. The number of aryl methyl sites for hydroxylation is 1. The van der Waals surface area contributed by atoms with Crippen LogP contribution in [-0.2, 0) is 4.79 Å². The summed E-state index contributed by atoms with van der Waals surface area (Å²) in [5.41, 5.74) is 1.20. The van der Waals surface area contributed by atoms with Gasteiger partial charge in [0.1, 0.15) is 11.8 Å². The van der Waals surface area contributed by atoms with Crippen molar-refractivity contribution in [1.29, 1.82) is 5.26 Å². The molecule has 104 valence electrons. The van der Waals surface area contributed by atoms with Gasteiger partial charge in [-0.3, -0.25) is 9.59 Å². The smallest absolute Gasteiger partial charge is 0.305 e. The molecule has 2 heterocycles. The summed E-state index contributed by atoms with van der Waals surface area (Å²) >= 11 is 0. The predicted octanol–water partition coefficient (Wildman–Crippen LogP) is 1.34. The molecule has 1 aromatic heterocycles. The van der Waals surface area contributed by atoms with E-state index in [0.717, 1.165) is 6.42 Å². The summed E-state index contributed by atoms with van der Waals surface area (Å²) in [7, 11) is 0. The molecule has 0 aromatic carbocycles. The van der Waals surface area contributed by atoms with E-state index < -0.39 is 5.97 Å². The summed E-state index contributed by atoms with van der Waals surface area (Å²) in [5.74, 6) is -1.17. The Balaban J connectivity index is 2.20. The zero-order chi connectivity index (χ0) is 14.7. The Hall–Kier alpha value is -2.42. The number of rotatable bonds is 3. The standard InChI is InChI=1S/C14H15N3O3/c1-9-10(8-15)4-5-12(16-9)14(20)17-6-2-3-11(17)7-13(18)19/h4-5,11H,2-3,6-7H2,1H3,(H,18,19). The number of amides is 1. The molecule has 6 nitrogen and oxygen atoms in total. The van der Waals surface area contributed by atoms with E-state index in [0.29, 0.717) is 24.2 Å². The van der Waals surface area contributed by atoms with Crippen molar-refractivity contribution in [3.05, 3.63) is 29.1 Å². The highest BCUT2D eigenvalue weighted by Gasteiger charge is 2.31. The highest BCUT2D eigenvalue weighted by Crippen LogP contribution is 2.22. The zero-order valence-corrected chi connectivity index (χ0v) is 11.2. The maximum absolute atomic E-state index is 12.4. The van der Waals surface area contributed by atoms with E-state index in [1.807, 2.05) is 6.07 Å². The second kappa shape index (κ2) is 5.70. The predicted molar refractivity (Wildman–Crippen MR) is 70.0 cm³/mol. The van der Waals surface area contributed by atoms with Crippen molar-refractivity contribution < 1.29 is 14.7 Å². The zero-order valence-electron chi connectivity index (χ0n) is 11.2. The van der Waals surface area contributed by atoms with Crippen LogP contribution in [-0.4, -0.2) is 39.5 Å². The highest BCUT2D eigenvalue weighted by molar-refractivity contribution is 5.93. The summed E-state index contributed by atoms with van der Waals surface area (Å²) in [4.78, 5) is 28.9. The van der Waals surface area contributed by atoms with E-state index in [1.165, 1.54) is 6.07 Å². The second-order valence-corrected chi connectivity index (χ2v) is 4.83. The average Bonchev–Trinajstić information content (AvgIpc) is 2.85. The lowest BCUT2D eigenvalue weighted by Gasteiger charge is -2.23. The molecule has 1 fully saturated rings. The molecule has 1 saturated heterocycles. The Morgan fingerprint density at radius 2 is 2.30 bits per heavy atom. The van der Waals surface area contributed by atoms with Crippen LogP contribution in [0.25, 0.3) is 0 Å². The number of aliphatic carboxylic acids is 1. The van der Waals surface area contributed by atoms with Gasteiger partial charge in [-0.05, 0) is 31.9 Å². The van der Waals surface area contributed by atoms with Gasteiger partial charge < -0.3 is 10.0 Å². The monoisotopic (exact) mass is 273 g/mol.